The van der Waals surface area contributed by atoms with Gasteiger partial charge in [-0.05, 0) is 38.5 Å². The quantitative estimate of drug-likeness (QED) is 0.712. The van der Waals surface area contributed by atoms with Gasteiger partial charge in [0.1, 0.15) is 12.4 Å². The van der Waals surface area contributed by atoms with E-state index in [2.05, 4.69) is 22.7 Å². The Balaban J connectivity index is 1.39. The molecule has 1 aromatic rings. The zero-order valence-electron chi connectivity index (χ0n) is 16.1. The summed E-state index contributed by atoms with van der Waals surface area (Å²) in [5.74, 6) is 1.76. The van der Waals surface area contributed by atoms with Crippen LogP contribution in [0.15, 0.2) is 12.4 Å². The molecule has 6 heteroatoms. The molecule has 0 aliphatic carbocycles. The SMILES string of the molecule is CCCCn1ccnc1C1CCN(C(=O)COC[C@H]2CCCCO2)CC1. The van der Waals surface area contributed by atoms with Gasteiger partial charge in [0, 0.05) is 44.6 Å². The number of carbonyl (C=O) groups excluding carboxylic acids is 1. The van der Waals surface area contributed by atoms with E-state index in [1.807, 2.05) is 11.1 Å². The number of carbonyl (C=O) groups is 1. The van der Waals surface area contributed by atoms with Crippen LogP contribution in [0.3, 0.4) is 0 Å². The molecular weight excluding hydrogens is 330 g/mol. The van der Waals surface area contributed by atoms with E-state index in [1.165, 1.54) is 25.1 Å². The number of rotatable bonds is 8. The van der Waals surface area contributed by atoms with Crippen molar-refractivity contribution in [3.63, 3.8) is 0 Å². The Labute approximate surface area is 156 Å². The molecule has 1 atom stereocenters. The Morgan fingerprint density at radius 2 is 2.15 bits per heavy atom. The van der Waals surface area contributed by atoms with Crippen molar-refractivity contribution in [3.8, 4) is 0 Å². The summed E-state index contributed by atoms with van der Waals surface area (Å²) in [6.45, 7) is 6.39. The Hall–Kier alpha value is -1.40. The maximum Gasteiger partial charge on any atom is 0.248 e. The molecule has 0 radical (unpaired) electrons. The van der Waals surface area contributed by atoms with Gasteiger partial charge in [0.25, 0.3) is 0 Å². The van der Waals surface area contributed by atoms with Gasteiger partial charge in [0.05, 0.1) is 12.7 Å². The molecule has 1 amide bonds. The predicted molar refractivity (Wildman–Crippen MR) is 100 cm³/mol. The number of hydrogen-bond acceptors (Lipinski definition) is 4. The summed E-state index contributed by atoms with van der Waals surface area (Å²) in [5, 5.41) is 0. The van der Waals surface area contributed by atoms with Gasteiger partial charge >= 0.3 is 0 Å². The minimum absolute atomic E-state index is 0.105. The van der Waals surface area contributed by atoms with Crippen LogP contribution in [0.1, 0.15) is 63.6 Å². The van der Waals surface area contributed by atoms with Crippen LogP contribution < -0.4 is 0 Å². The average Bonchev–Trinajstić information content (AvgIpc) is 3.16. The van der Waals surface area contributed by atoms with E-state index in [9.17, 15) is 4.79 Å². The van der Waals surface area contributed by atoms with Gasteiger partial charge in [-0.1, -0.05) is 13.3 Å². The van der Waals surface area contributed by atoms with Crippen molar-refractivity contribution in [1.29, 1.82) is 0 Å². The number of aryl methyl sites for hydroxylation is 1. The lowest BCUT2D eigenvalue weighted by Gasteiger charge is -2.32. The predicted octanol–water partition coefficient (Wildman–Crippen LogP) is 2.97. The Morgan fingerprint density at radius 3 is 2.88 bits per heavy atom. The van der Waals surface area contributed by atoms with Crippen molar-refractivity contribution < 1.29 is 14.3 Å². The number of unbranched alkanes of at least 4 members (excludes halogenated alkanes) is 1. The van der Waals surface area contributed by atoms with Gasteiger partial charge in [-0.2, -0.15) is 0 Å². The topological polar surface area (TPSA) is 56.6 Å². The van der Waals surface area contributed by atoms with Crippen LogP contribution in [-0.2, 0) is 20.8 Å². The molecule has 0 spiro atoms. The Morgan fingerprint density at radius 1 is 1.31 bits per heavy atom. The molecule has 2 aliphatic rings. The average molecular weight is 364 g/mol. The van der Waals surface area contributed by atoms with E-state index < -0.39 is 0 Å². The monoisotopic (exact) mass is 363 g/mol. The molecule has 0 N–H and O–H groups in total. The highest BCUT2D eigenvalue weighted by molar-refractivity contribution is 5.77. The first-order valence-electron chi connectivity index (χ1n) is 10.3. The molecule has 6 nitrogen and oxygen atoms in total. The third-order valence-electron chi connectivity index (χ3n) is 5.52. The van der Waals surface area contributed by atoms with E-state index in [0.717, 1.165) is 51.9 Å². The van der Waals surface area contributed by atoms with E-state index >= 15 is 0 Å². The number of imidazole rings is 1. The van der Waals surface area contributed by atoms with Crippen LogP contribution in [0.25, 0.3) is 0 Å². The second kappa shape index (κ2) is 10.1. The summed E-state index contributed by atoms with van der Waals surface area (Å²) in [6.07, 6.45) is 11.9. The fourth-order valence-electron chi connectivity index (χ4n) is 3.89. The maximum absolute atomic E-state index is 12.4. The minimum Gasteiger partial charge on any atom is -0.376 e. The fourth-order valence-corrected chi connectivity index (χ4v) is 3.89. The summed E-state index contributed by atoms with van der Waals surface area (Å²) in [4.78, 5) is 18.9. The second-order valence-electron chi connectivity index (χ2n) is 7.49. The molecule has 2 saturated heterocycles. The summed E-state index contributed by atoms with van der Waals surface area (Å²) < 4.78 is 13.5. The fraction of sp³-hybridized carbons (Fsp3) is 0.800. The van der Waals surface area contributed by atoms with E-state index in [1.54, 1.807) is 0 Å². The van der Waals surface area contributed by atoms with E-state index in [-0.39, 0.29) is 18.6 Å². The van der Waals surface area contributed by atoms with Crippen LogP contribution in [0.5, 0.6) is 0 Å². The van der Waals surface area contributed by atoms with Gasteiger partial charge in [-0.3, -0.25) is 4.79 Å². The van der Waals surface area contributed by atoms with Gasteiger partial charge in [0.2, 0.25) is 5.91 Å². The number of hydrogen-bond donors (Lipinski definition) is 0. The number of likely N-dealkylation sites (tertiary alicyclic amines) is 1. The smallest absolute Gasteiger partial charge is 0.248 e. The van der Waals surface area contributed by atoms with E-state index in [4.69, 9.17) is 9.47 Å². The summed E-state index contributed by atoms with van der Waals surface area (Å²) in [5.41, 5.74) is 0. The van der Waals surface area contributed by atoms with Crippen molar-refractivity contribution in [3.05, 3.63) is 18.2 Å². The summed E-state index contributed by atoms with van der Waals surface area (Å²) >= 11 is 0. The zero-order chi connectivity index (χ0) is 18.2. The molecule has 3 rings (SSSR count). The van der Waals surface area contributed by atoms with Crippen molar-refractivity contribution in [2.24, 2.45) is 0 Å². The highest BCUT2D eigenvalue weighted by atomic mass is 16.5. The summed E-state index contributed by atoms with van der Waals surface area (Å²) in [7, 11) is 0. The Kier molecular flexibility index (Phi) is 7.50. The van der Waals surface area contributed by atoms with Crippen molar-refractivity contribution >= 4 is 5.91 Å². The first-order chi connectivity index (χ1) is 12.8. The zero-order valence-corrected chi connectivity index (χ0v) is 16.1. The molecule has 26 heavy (non-hydrogen) atoms. The molecule has 0 bridgehead atoms. The summed E-state index contributed by atoms with van der Waals surface area (Å²) in [6, 6.07) is 0. The molecule has 0 unspecified atom stereocenters. The minimum atomic E-state index is 0.105. The normalized spacial score (nSPS) is 21.9. The van der Waals surface area contributed by atoms with E-state index in [0.29, 0.717) is 12.5 Å². The number of ether oxygens (including phenoxy) is 2. The van der Waals surface area contributed by atoms with Crippen LogP contribution in [0.4, 0.5) is 0 Å². The highest BCUT2D eigenvalue weighted by Gasteiger charge is 2.26. The molecule has 3 heterocycles. The largest absolute Gasteiger partial charge is 0.376 e. The number of piperidine rings is 1. The number of aromatic nitrogens is 2. The first-order valence-corrected chi connectivity index (χ1v) is 10.3. The maximum atomic E-state index is 12.4. The van der Waals surface area contributed by atoms with Crippen molar-refractivity contribution in [2.75, 3.05) is 32.9 Å². The van der Waals surface area contributed by atoms with Crippen LogP contribution >= 0.6 is 0 Å². The highest BCUT2D eigenvalue weighted by Crippen LogP contribution is 2.27. The number of nitrogens with zero attached hydrogens (tertiary/aromatic N) is 3. The first kappa shape index (κ1) is 19.4. The molecular formula is C20H33N3O3. The lowest BCUT2D eigenvalue weighted by atomic mass is 9.96. The third kappa shape index (κ3) is 5.30. The Bertz CT molecular complexity index is 546. The van der Waals surface area contributed by atoms with Gasteiger partial charge in [-0.15, -0.1) is 0 Å². The lowest BCUT2D eigenvalue weighted by Crippen LogP contribution is -2.40. The molecule has 146 valence electrons. The van der Waals surface area contributed by atoms with Gasteiger partial charge in [0.15, 0.2) is 0 Å². The second-order valence-corrected chi connectivity index (χ2v) is 7.49. The van der Waals surface area contributed by atoms with Crippen LogP contribution in [-0.4, -0.2) is 59.4 Å². The molecule has 2 fully saturated rings. The van der Waals surface area contributed by atoms with Gasteiger partial charge < -0.3 is 18.9 Å². The van der Waals surface area contributed by atoms with Gasteiger partial charge in [-0.25, -0.2) is 4.98 Å². The van der Waals surface area contributed by atoms with Crippen molar-refractivity contribution in [2.45, 2.75) is 70.4 Å². The van der Waals surface area contributed by atoms with Crippen molar-refractivity contribution in [1.82, 2.24) is 14.5 Å². The molecule has 0 saturated carbocycles. The standard InChI is InChI=1S/C20H33N3O3/c1-2-3-10-23-13-9-21-20(23)17-7-11-22(12-8-17)19(24)16-25-15-18-6-4-5-14-26-18/h9,13,17-18H,2-8,10-12,14-16H2,1H3/t18-/m1/s1. The third-order valence-corrected chi connectivity index (χ3v) is 5.52. The lowest BCUT2D eigenvalue weighted by molar-refractivity contribution is -0.139. The molecule has 1 aromatic heterocycles. The molecule has 2 aliphatic heterocycles. The van der Waals surface area contributed by atoms with Crippen LogP contribution in [0.2, 0.25) is 0 Å². The van der Waals surface area contributed by atoms with Crippen LogP contribution in [0, 0.1) is 0 Å². The number of amides is 1. The molecule has 0 aromatic carbocycles.